The van der Waals surface area contributed by atoms with Crippen molar-refractivity contribution in [3.05, 3.63) is 35.9 Å². The van der Waals surface area contributed by atoms with Crippen LogP contribution in [0.2, 0.25) is 0 Å². The number of benzene rings is 1. The number of unbranched alkanes of at least 4 members (excludes halogenated alkanes) is 5. The standard InChI is InChI=1S/C18H25NO/c1-3-4-5-6-7-11-14-18(15-19,16(2)20)17-12-9-8-10-13-17/h8-10,12-13H,3-7,11,14H2,1-2H3. The van der Waals surface area contributed by atoms with E-state index >= 15 is 0 Å². The van der Waals surface area contributed by atoms with Crippen LogP contribution >= 0.6 is 0 Å². The topological polar surface area (TPSA) is 40.9 Å². The quantitative estimate of drug-likeness (QED) is 0.606. The molecule has 1 atom stereocenters. The lowest BCUT2D eigenvalue weighted by molar-refractivity contribution is -0.120. The van der Waals surface area contributed by atoms with E-state index in [9.17, 15) is 10.1 Å². The summed E-state index contributed by atoms with van der Waals surface area (Å²) in [6, 6.07) is 11.8. The van der Waals surface area contributed by atoms with Crippen molar-refractivity contribution >= 4 is 5.78 Å². The highest BCUT2D eigenvalue weighted by Crippen LogP contribution is 2.31. The second-order valence-corrected chi connectivity index (χ2v) is 5.46. The van der Waals surface area contributed by atoms with Crippen LogP contribution in [-0.2, 0) is 10.2 Å². The molecule has 0 aliphatic rings. The molecule has 0 N–H and O–H groups in total. The molecule has 0 aliphatic carbocycles. The van der Waals surface area contributed by atoms with Gasteiger partial charge in [-0.25, -0.2) is 0 Å². The van der Waals surface area contributed by atoms with Gasteiger partial charge in [0.15, 0.2) is 5.78 Å². The molecule has 0 heterocycles. The summed E-state index contributed by atoms with van der Waals surface area (Å²) >= 11 is 0. The summed E-state index contributed by atoms with van der Waals surface area (Å²) in [6.07, 6.45) is 7.63. The molecule has 0 radical (unpaired) electrons. The highest BCUT2D eigenvalue weighted by molar-refractivity contribution is 5.91. The van der Waals surface area contributed by atoms with Crippen LogP contribution in [0.3, 0.4) is 0 Å². The molecule has 2 heteroatoms. The van der Waals surface area contributed by atoms with Gasteiger partial charge in [-0.3, -0.25) is 4.79 Å². The van der Waals surface area contributed by atoms with Gasteiger partial charge in [-0.05, 0) is 18.9 Å². The first-order valence-corrected chi connectivity index (χ1v) is 7.65. The zero-order chi connectivity index (χ0) is 14.8. The molecule has 1 aromatic carbocycles. The van der Waals surface area contributed by atoms with Crippen molar-refractivity contribution in [1.82, 2.24) is 0 Å². The first-order valence-electron chi connectivity index (χ1n) is 7.65. The lowest BCUT2D eigenvalue weighted by Crippen LogP contribution is -2.32. The minimum absolute atomic E-state index is 0.0419. The van der Waals surface area contributed by atoms with Crippen molar-refractivity contribution in [2.75, 3.05) is 0 Å². The molecule has 0 fully saturated rings. The first-order chi connectivity index (χ1) is 9.67. The molecule has 20 heavy (non-hydrogen) atoms. The molecule has 0 saturated heterocycles. The lowest BCUT2D eigenvalue weighted by atomic mass is 9.74. The largest absolute Gasteiger partial charge is 0.298 e. The third-order valence-electron chi connectivity index (χ3n) is 3.96. The molecule has 2 nitrogen and oxygen atoms in total. The maximum absolute atomic E-state index is 12.0. The van der Waals surface area contributed by atoms with Gasteiger partial charge in [0.25, 0.3) is 0 Å². The van der Waals surface area contributed by atoms with Gasteiger partial charge in [0.2, 0.25) is 0 Å². The molecule has 0 saturated carbocycles. The van der Waals surface area contributed by atoms with Gasteiger partial charge in [0, 0.05) is 0 Å². The van der Waals surface area contributed by atoms with Gasteiger partial charge in [-0.2, -0.15) is 5.26 Å². The van der Waals surface area contributed by atoms with Gasteiger partial charge < -0.3 is 0 Å². The van der Waals surface area contributed by atoms with Gasteiger partial charge in [0.05, 0.1) is 6.07 Å². The van der Waals surface area contributed by atoms with E-state index in [4.69, 9.17) is 0 Å². The van der Waals surface area contributed by atoms with Crippen LogP contribution in [0, 0.1) is 11.3 Å². The molecule has 0 spiro atoms. The van der Waals surface area contributed by atoms with Crippen LogP contribution in [0.5, 0.6) is 0 Å². The summed E-state index contributed by atoms with van der Waals surface area (Å²) in [5.41, 5.74) is -0.116. The monoisotopic (exact) mass is 271 g/mol. The van der Waals surface area contributed by atoms with Crippen LogP contribution in [0.4, 0.5) is 0 Å². The second kappa shape index (κ2) is 8.53. The minimum atomic E-state index is -0.952. The first kappa shape index (κ1) is 16.4. The van der Waals surface area contributed by atoms with Crippen LogP contribution in [0.1, 0.15) is 64.4 Å². The van der Waals surface area contributed by atoms with E-state index in [2.05, 4.69) is 13.0 Å². The number of hydrogen-bond acceptors (Lipinski definition) is 2. The van der Waals surface area contributed by atoms with E-state index in [1.165, 1.54) is 32.6 Å². The molecule has 108 valence electrons. The number of carbonyl (C=O) groups is 1. The Bertz CT molecular complexity index is 446. The third kappa shape index (κ3) is 4.20. The average molecular weight is 271 g/mol. The normalized spacial score (nSPS) is 13.4. The van der Waals surface area contributed by atoms with Crippen molar-refractivity contribution in [3.8, 4) is 6.07 Å². The third-order valence-corrected chi connectivity index (χ3v) is 3.96. The molecule has 0 aromatic heterocycles. The number of carbonyl (C=O) groups excluding carboxylic acids is 1. The summed E-state index contributed by atoms with van der Waals surface area (Å²) in [4.78, 5) is 12.0. The number of nitrogens with zero attached hydrogens (tertiary/aromatic N) is 1. The Balaban J connectivity index is 2.67. The van der Waals surface area contributed by atoms with Gasteiger partial charge in [0.1, 0.15) is 5.41 Å². The Morgan fingerprint density at radius 2 is 1.70 bits per heavy atom. The molecule has 1 rings (SSSR count). The smallest absolute Gasteiger partial charge is 0.154 e. The van der Waals surface area contributed by atoms with E-state index in [0.717, 1.165) is 18.4 Å². The number of nitriles is 1. The Morgan fingerprint density at radius 3 is 2.25 bits per heavy atom. The predicted octanol–water partition coefficient (Wildman–Crippen LogP) is 4.79. The molecule has 0 aliphatic heterocycles. The number of rotatable bonds is 9. The SMILES string of the molecule is CCCCCCCCC(C#N)(C(C)=O)c1ccccc1. The lowest BCUT2D eigenvalue weighted by Gasteiger charge is -2.24. The van der Waals surface area contributed by atoms with Gasteiger partial charge in [-0.15, -0.1) is 0 Å². The van der Waals surface area contributed by atoms with E-state index in [1.807, 2.05) is 30.3 Å². The Kier molecular flexibility index (Phi) is 7.01. The van der Waals surface area contributed by atoms with Crippen LogP contribution in [0.25, 0.3) is 0 Å². The van der Waals surface area contributed by atoms with Gasteiger partial charge in [-0.1, -0.05) is 75.8 Å². The van der Waals surface area contributed by atoms with Crippen molar-refractivity contribution in [2.24, 2.45) is 0 Å². The molecule has 1 unspecified atom stereocenters. The molecular weight excluding hydrogens is 246 g/mol. The fraction of sp³-hybridized carbons (Fsp3) is 0.556. The fourth-order valence-corrected chi connectivity index (χ4v) is 2.62. The Hall–Kier alpha value is -1.62. The summed E-state index contributed by atoms with van der Waals surface area (Å²) in [5.74, 6) is -0.0419. The van der Waals surface area contributed by atoms with E-state index in [0.29, 0.717) is 6.42 Å². The van der Waals surface area contributed by atoms with Crippen molar-refractivity contribution in [3.63, 3.8) is 0 Å². The summed E-state index contributed by atoms with van der Waals surface area (Å²) in [5, 5.41) is 9.57. The molecular formula is C18H25NO. The second-order valence-electron chi connectivity index (χ2n) is 5.46. The molecule has 0 bridgehead atoms. The Labute approximate surface area is 122 Å². The average Bonchev–Trinajstić information content (AvgIpc) is 2.47. The molecule has 1 aromatic rings. The fourth-order valence-electron chi connectivity index (χ4n) is 2.62. The van der Waals surface area contributed by atoms with Crippen LogP contribution in [-0.4, -0.2) is 5.78 Å². The highest BCUT2D eigenvalue weighted by atomic mass is 16.1. The van der Waals surface area contributed by atoms with Crippen LogP contribution < -0.4 is 0 Å². The number of ketones is 1. The van der Waals surface area contributed by atoms with E-state index < -0.39 is 5.41 Å². The van der Waals surface area contributed by atoms with E-state index in [1.54, 1.807) is 0 Å². The van der Waals surface area contributed by atoms with Gasteiger partial charge >= 0.3 is 0 Å². The predicted molar refractivity (Wildman–Crippen MR) is 82.4 cm³/mol. The summed E-state index contributed by atoms with van der Waals surface area (Å²) in [6.45, 7) is 3.74. The van der Waals surface area contributed by atoms with Crippen molar-refractivity contribution in [2.45, 2.75) is 64.2 Å². The number of Topliss-reactive ketones (excluding diaryl/α,β-unsaturated/α-hetero) is 1. The molecule has 0 amide bonds. The summed E-state index contributed by atoms with van der Waals surface area (Å²) in [7, 11) is 0. The maximum atomic E-state index is 12.0. The Morgan fingerprint density at radius 1 is 1.10 bits per heavy atom. The van der Waals surface area contributed by atoms with Crippen molar-refractivity contribution in [1.29, 1.82) is 5.26 Å². The number of hydrogen-bond donors (Lipinski definition) is 0. The maximum Gasteiger partial charge on any atom is 0.154 e. The van der Waals surface area contributed by atoms with Crippen LogP contribution in [0.15, 0.2) is 30.3 Å². The summed E-state index contributed by atoms with van der Waals surface area (Å²) < 4.78 is 0. The zero-order valence-electron chi connectivity index (χ0n) is 12.7. The van der Waals surface area contributed by atoms with E-state index in [-0.39, 0.29) is 5.78 Å². The minimum Gasteiger partial charge on any atom is -0.298 e. The zero-order valence-corrected chi connectivity index (χ0v) is 12.7. The highest BCUT2D eigenvalue weighted by Gasteiger charge is 2.36. The van der Waals surface area contributed by atoms with Crippen molar-refractivity contribution < 1.29 is 4.79 Å².